The Morgan fingerprint density at radius 1 is 0.712 bits per heavy atom. The number of carboxylic acid groups (broad SMARTS) is 1. The summed E-state index contributed by atoms with van der Waals surface area (Å²) < 4.78 is 0. The van der Waals surface area contributed by atoms with Crippen LogP contribution in [-0.4, -0.2) is 91.6 Å². The van der Waals surface area contributed by atoms with Gasteiger partial charge in [0.1, 0.15) is 16.8 Å². The van der Waals surface area contributed by atoms with Crippen LogP contribution in [0.2, 0.25) is 0 Å². The van der Waals surface area contributed by atoms with Crippen molar-refractivity contribution < 1.29 is 44.7 Å². The fourth-order valence-electron chi connectivity index (χ4n) is 2.15. The number of alkyl halides is 4. The first kappa shape index (κ1) is 56.6. The molecule has 0 aliphatic rings. The van der Waals surface area contributed by atoms with Gasteiger partial charge in [0.2, 0.25) is 0 Å². The molecule has 0 radical (unpaired) electrons. The number of hydrogen-bond donors (Lipinski definition) is 7. The highest BCUT2D eigenvalue weighted by Crippen LogP contribution is 2.23. The molecule has 0 bridgehead atoms. The number of halogens is 6. The van der Waals surface area contributed by atoms with Crippen LogP contribution in [0.5, 0.6) is 0 Å². The van der Waals surface area contributed by atoms with E-state index in [1.54, 1.807) is 43.3 Å². The van der Waals surface area contributed by atoms with Gasteiger partial charge in [0, 0.05) is 32.7 Å². The predicted molar refractivity (Wildman–Crippen MR) is 222 cm³/mol. The summed E-state index contributed by atoms with van der Waals surface area (Å²) in [4.78, 5) is 48.7. The second-order valence-electron chi connectivity index (χ2n) is 11.2. The Morgan fingerprint density at radius 2 is 1.06 bits per heavy atom. The summed E-state index contributed by atoms with van der Waals surface area (Å²) in [5.41, 5.74) is 3.81. The van der Waals surface area contributed by atoms with Gasteiger partial charge in [-0.2, -0.15) is 0 Å². The van der Waals surface area contributed by atoms with Crippen molar-refractivity contribution >= 4 is 132 Å². The second kappa shape index (κ2) is 26.6. The topological polar surface area (TPSA) is 216 Å². The van der Waals surface area contributed by atoms with Gasteiger partial charge < -0.3 is 36.6 Å². The van der Waals surface area contributed by atoms with Crippen molar-refractivity contribution in [3.8, 4) is 0 Å². The molecular weight excluding hydrogens is 987 g/mol. The lowest BCUT2D eigenvalue weighted by Crippen LogP contribution is -2.41. The van der Waals surface area contributed by atoms with Gasteiger partial charge in [-0.25, -0.2) is 14.5 Å². The molecule has 2 aromatic carbocycles. The summed E-state index contributed by atoms with van der Waals surface area (Å²) in [6.07, 6.45) is 0. The number of carbonyl (C=O) groups excluding carboxylic acids is 3. The third kappa shape index (κ3) is 22.8. The number of aryl methyl sites for hydroxylation is 2. The van der Waals surface area contributed by atoms with Crippen LogP contribution in [-0.2, 0) is 19.2 Å². The van der Waals surface area contributed by atoms with E-state index in [0.29, 0.717) is 22.7 Å². The highest BCUT2D eigenvalue weighted by Gasteiger charge is 2.29. The minimum absolute atomic E-state index is 0. The molecule has 2 aromatic rings. The van der Waals surface area contributed by atoms with Gasteiger partial charge in [0.05, 0.1) is 13.1 Å². The second-order valence-corrected chi connectivity index (χ2v) is 14.1. The van der Waals surface area contributed by atoms with Crippen LogP contribution in [0.15, 0.2) is 36.4 Å². The summed E-state index contributed by atoms with van der Waals surface area (Å²) >= 11 is 21.6. The molecule has 292 valence electrons. The number of aliphatic carboxylic acids is 1. The molecule has 0 saturated carbocycles. The van der Waals surface area contributed by atoms with Crippen LogP contribution in [0.25, 0.3) is 9.69 Å². The number of hydrogen-bond acceptors (Lipinski definition) is 9. The molecule has 0 fully saturated rings. The minimum Gasteiger partial charge on any atom is -0.479 e. The van der Waals surface area contributed by atoms with Gasteiger partial charge in [-0.15, -0.1) is 0 Å². The average Bonchev–Trinajstić information content (AvgIpc) is 3.05. The number of benzene rings is 2. The number of nitrogen functional groups attached to an aromatic ring is 1. The number of rotatable bonds is 9. The predicted octanol–water partition coefficient (Wildman–Crippen LogP) is 7.41. The van der Waals surface area contributed by atoms with Gasteiger partial charge >= 0.3 is 5.97 Å². The maximum absolute atomic E-state index is 11.7. The maximum Gasteiger partial charge on any atom is 0.336 e. The molecule has 13 nitrogen and oxygen atoms in total. The zero-order valence-corrected chi connectivity index (χ0v) is 36.3. The number of amides is 1. The highest BCUT2D eigenvalue weighted by molar-refractivity contribution is 9.09. The van der Waals surface area contributed by atoms with Crippen molar-refractivity contribution in [3.05, 3.63) is 70.4 Å². The van der Waals surface area contributed by atoms with Crippen molar-refractivity contribution in [2.45, 2.75) is 71.4 Å². The molecule has 4 atom stereocenters. The van der Waals surface area contributed by atoms with Crippen LogP contribution in [0.3, 0.4) is 0 Å². The molecule has 52 heavy (non-hydrogen) atoms. The Balaban J connectivity index is -0.000000288. The summed E-state index contributed by atoms with van der Waals surface area (Å²) in [7, 11) is 0. The van der Waals surface area contributed by atoms with Crippen LogP contribution in [0, 0.1) is 27.0 Å². The van der Waals surface area contributed by atoms with E-state index in [9.17, 15) is 24.3 Å². The van der Waals surface area contributed by atoms with Gasteiger partial charge in [0.15, 0.2) is 17.0 Å². The Morgan fingerprint density at radius 3 is 1.29 bits per heavy atom. The molecule has 0 saturated heterocycles. The fraction of sp³-hybridized carbons (Fsp3) is 0.455. The first-order chi connectivity index (χ1) is 23.2. The number of nitrogens with two attached hydrogens (primary N) is 1. The van der Waals surface area contributed by atoms with E-state index >= 15 is 0 Å². The lowest BCUT2D eigenvalue weighted by molar-refractivity contribution is -0.154. The van der Waals surface area contributed by atoms with Crippen LogP contribution < -0.4 is 11.1 Å². The number of nitrogens with zero attached hydrogens (tertiary/aromatic N) is 2. The molecule has 8 N–H and O–H groups in total. The molecule has 19 heteroatoms. The summed E-state index contributed by atoms with van der Waals surface area (Å²) in [6.45, 7) is 22.7. The zero-order valence-electron chi connectivity index (χ0n) is 28.4. The van der Waals surface area contributed by atoms with Gasteiger partial charge in [-0.3, -0.25) is 14.4 Å². The summed E-state index contributed by atoms with van der Waals surface area (Å²) in [5.74, 6) is -1.70. The first-order valence-corrected chi connectivity index (χ1v) is 19.2. The standard InChI is InChI=1S/C12H13BrN2O2.C8H8N2.2C4H6BrClO2.C4H7BrO3.CH4/c1-8-6-9(4-5-10(8)14-3)15-11(16)12(2,17)7-13;1-6-5-7(9)3-4-8(6)10-2;3*1-4(8,2-5)3(6)7;/h4-6,17H,7H2,1-2H3,(H,15,16);3-5H,9H2,1H3;2*8H,2H2,1H3;8H,2H2,1H3,(H,6,7);1H4/t12-;;3*4-;/m0.000./s1. The molecule has 0 aromatic heterocycles. The van der Waals surface area contributed by atoms with Crippen molar-refractivity contribution in [2.75, 3.05) is 32.4 Å². The van der Waals surface area contributed by atoms with Gasteiger partial charge in [0.25, 0.3) is 16.4 Å². The molecule has 0 unspecified atom stereocenters. The first-order valence-electron chi connectivity index (χ1n) is 14.0. The maximum atomic E-state index is 11.7. The van der Waals surface area contributed by atoms with E-state index in [-0.39, 0.29) is 28.7 Å². The molecule has 0 aliphatic heterocycles. The van der Waals surface area contributed by atoms with Crippen molar-refractivity contribution in [2.24, 2.45) is 0 Å². The number of carbonyl (C=O) groups is 4. The van der Waals surface area contributed by atoms with Gasteiger partial charge in [-0.05, 0) is 100 Å². The molecular formula is C33H44Br4Cl2N4O9. The Hall–Kier alpha value is -2.16. The summed E-state index contributed by atoms with van der Waals surface area (Å²) in [6, 6.07) is 10.3. The zero-order chi connectivity index (χ0) is 41.0. The number of nitrogens with one attached hydrogen (secondary N) is 1. The third-order valence-electron chi connectivity index (χ3n) is 5.75. The van der Waals surface area contributed by atoms with E-state index in [1.165, 1.54) is 27.7 Å². The lowest BCUT2D eigenvalue weighted by Gasteiger charge is -2.19. The van der Waals surface area contributed by atoms with Crippen LogP contribution >= 0.6 is 86.9 Å². The van der Waals surface area contributed by atoms with Crippen molar-refractivity contribution in [1.82, 2.24) is 0 Å². The minimum atomic E-state index is -1.62. The van der Waals surface area contributed by atoms with E-state index in [0.717, 1.165) is 11.1 Å². The lowest BCUT2D eigenvalue weighted by atomic mass is 10.1. The Kier molecular flexibility index (Phi) is 28.9. The largest absolute Gasteiger partial charge is 0.479 e. The van der Waals surface area contributed by atoms with Crippen molar-refractivity contribution in [1.29, 1.82) is 0 Å². The Bertz CT molecular complexity index is 1500. The Labute approximate surface area is 348 Å². The quantitative estimate of drug-likeness (QED) is 0.0572. The fourth-order valence-corrected chi connectivity index (χ4v) is 3.61. The third-order valence-corrected chi connectivity index (χ3v) is 10.9. The number of anilines is 2. The monoisotopic (exact) mass is 1030 g/mol. The van der Waals surface area contributed by atoms with E-state index in [4.69, 9.17) is 62.5 Å². The summed E-state index contributed by atoms with van der Waals surface area (Å²) in [5, 5.41) is 46.0. The molecule has 1 amide bonds. The van der Waals surface area contributed by atoms with E-state index in [1.807, 2.05) is 6.92 Å². The van der Waals surface area contributed by atoms with Gasteiger partial charge in [-0.1, -0.05) is 83.3 Å². The number of carboxylic acids is 1. The van der Waals surface area contributed by atoms with Crippen LogP contribution in [0.1, 0.15) is 46.2 Å². The highest BCUT2D eigenvalue weighted by atomic mass is 79.9. The molecule has 0 heterocycles. The molecule has 2 rings (SSSR count). The van der Waals surface area contributed by atoms with E-state index < -0.39 is 44.8 Å². The smallest absolute Gasteiger partial charge is 0.336 e. The SMILES string of the molecule is C.C[C@](O)(CBr)C(=O)Cl.C[C@](O)(CBr)C(=O)Cl.C[C@](O)(CBr)C(=O)O.[C-]#[N+]c1ccc(N)cc1C.[C-]#[N+]c1ccc(NC(=O)[C@@](C)(O)CBr)cc1C. The normalized spacial score (nSPS) is 14.2. The average molecular weight is 1030 g/mol. The van der Waals surface area contributed by atoms with Crippen LogP contribution in [0.4, 0.5) is 22.7 Å². The molecule has 0 aliphatic carbocycles. The van der Waals surface area contributed by atoms with E-state index in [2.05, 4.69) is 78.7 Å². The number of aliphatic hydroxyl groups is 4. The molecule has 0 spiro atoms. The van der Waals surface area contributed by atoms with Crippen molar-refractivity contribution in [3.63, 3.8) is 0 Å².